The van der Waals surface area contributed by atoms with Gasteiger partial charge in [-0.05, 0) is 49.4 Å². The van der Waals surface area contributed by atoms with E-state index >= 15 is 0 Å². The lowest BCUT2D eigenvalue weighted by molar-refractivity contribution is -0.150. The SMILES string of the molecule is CC[C@H](C)c1ccccc1NC(=O)[C@H](C)OC(=O)CSc1ccccc1C. The first-order valence-corrected chi connectivity index (χ1v) is 10.2. The fraction of sp³-hybridized carbons (Fsp3) is 0.364. The van der Waals surface area contributed by atoms with Crippen molar-refractivity contribution in [2.24, 2.45) is 0 Å². The van der Waals surface area contributed by atoms with E-state index in [4.69, 9.17) is 4.74 Å². The van der Waals surface area contributed by atoms with Crippen LogP contribution >= 0.6 is 11.8 Å². The van der Waals surface area contributed by atoms with Crippen molar-refractivity contribution in [1.29, 1.82) is 0 Å². The normalized spacial score (nSPS) is 12.9. The number of benzene rings is 2. The largest absolute Gasteiger partial charge is 0.452 e. The molecule has 4 nitrogen and oxygen atoms in total. The molecule has 0 spiro atoms. The lowest BCUT2D eigenvalue weighted by atomic mass is 9.97. The Hall–Kier alpha value is -2.27. The third-order valence-electron chi connectivity index (χ3n) is 4.48. The van der Waals surface area contributed by atoms with E-state index in [0.717, 1.165) is 28.1 Å². The number of hydrogen-bond acceptors (Lipinski definition) is 4. The highest BCUT2D eigenvalue weighted by Crippen LogP contribution is 2.27. The van der Waals surface area contributed by atoms with E-state index in [1.165, 1.54) is 11.8 Å². The molecule has 0 fully saturated rings. The van der Waals surface area contributed by atoms with Crippen LogP contribution in [0, 0.1) is 6.92 Å². The fourth-order valence-corrected chi connectivity index (χ4v) is 3.45. The van der Waals surface area contributed by atoms with Gasteiger partial charge in [0.05, 0.1) is 5.75 Å². The molecule has 0 heterocycles. The molecule has 0 radical (unpaired) electrons. The maximum absolute atomic E-state index is 12.4. The summed E-state index contributed by atoms with van der Waals surface area (Å²) < 4.78 is 5.30. The van der Waals surface area contributed by atoms with Crippen molar-refractivity contribution in [3.05, 3.63) is 59.7 Å². The molecule has 0 aliphatic carbocycles. The number of rotatable bonds is 8. The van der Waals surface area contributed by atoms with Crippen LogP contribution in [0.25, 0.3) is 0 Å². The van der Waals surface area contributed by atoms with E-state index in [9.17, 15) is 9.59 Å². The number of thioether (sulfide) groups is 1. The van der Waals surface area contributed by atoms with E-state index in [1.807, 2.05) is 55.5 Å². The molecule has 0 bridgehead atoms. The Morgan fingerprint density at radius 3 is 2.44 bits per heavy atom. The van der Waals surface area contributed by atoms with Crippen LogP contribution in [-0.2, 0) is 14.3 Å². The van der Waals surface area contributed by atoms with Crippen LogP contribution in [0.2, 0.25) is 0 Å². The summed E-state index contributed by atoms with van der Waals surface area (Å²) in [6.45, 7) is 7.83. The highest BCUT2D eigenvalue weighted by molar-refractivity contribution is 8.00. The van der Waals surface area contributed by atoms with Gasteiger partial charge in [0.25, 0.3) is 5.91 Å². The maximum atomic E-state index is 12.4. The molecule has 2 rings (SSSR count). The number of esters is 1. The molecular weight excluding hydrogens is 358 g/mol. The van der Waals surface area contributed by atoms with Gasteiger partial charge in [-0.15, -0.1) is 11.8 Å². The third kappa shape index (κ3) is 6.14. The van der Waals surface area contributed by atoms with Gasteiger partial charge in [-0.25, -0.2) is 0 Å². The molecule has 1 amide bonds. The monoisotopic (exact) mass is 385 g/mol. The molecule has 2 atom stereocenters. The first kappa shape index (κ1) is 21.0. The van der Waals surface area contributed by atoms with E-state index < -0.39 is 12.1 Å². The van der Waals surface area contributed by atoms with Gasteiger partial charge in [-0.3, -0.25) is 9.59 Å². The Bertz CT molecular complexity index is 791. The predicted molar refractivity (Wildman–Crippen MR) is 111 cm³/mol. The van der Waals surface area contributed by atoms with Crippen molar-refractivity contribution in [1.82, 2.24) is 0 Å². The minimum atomic E-state index is -0.847. The van der Waals surface area contributed by atoms with Gasteiger partial charge in [0.2, 0.25) is 0 Å². The average Bonchev–Trinajstić information content (AvgIpc) is 2.67. The molecule has 1 N–H and O–H groups in total. The van der Waals surface area contributed by atoms with Gasteiger partial charge in [0, 0.05) is 10.6 Å². The Balaban J connectivity index is 1.90. The zero-order valence-electron chi connectivity index (χ0n) is 16.3. The lowest BCUT2D eigenvalue weighted by Crippen LogP contribution is -2.31. The number of carbonyl (C=O) groups excluding carboxylic acids is 2. The number of aryl methyl sites for hydroxylation is 1. The van der Waals surface area contributed by atoms with Crippen LogP contribution in [-0.4, -0.2) is 23.7 Å². The van der Waals surface area contributed by atoms with E-state index in [2.05, 4.69) is 19.2 Å². The summed E-state index contributed by atoms with van der Waals surface area (Å²) in [7, 11) is 0. The van der Waals surface area contributed by atoms with Crippen molar-refractivity contribution in [2.45, 2.75) is 51.0 Å². The predicted octanol–water partition coefficient (Wildman–Crippen LogP) is 5.17. The van der Waals surface area contributed by atoms with Gasteiger partial charge in [-0.1, -0.05) is 50.2 Å². The van der Waals surface area contributed by atoms with Crippen molar-refractivity contribution >= 4 is 29.3 Å². The van der Waals surface area contributed by atoms with Gasteiger partial charge >= 0.3 is 5.97 Å². The van der Waals surface area contributed by atoms with Gasteiger partial charge in [-0.2, -0.15) is 0 Å². The Morgan fingerprint density at radius 2 is 1.74 bits per heavy atom. The summed E-state index contributed by atoms with van der Waals surface area (Å²) >= 11 is 1.42. The van der Waals surface area contributed by atoms with Gasteiger partial charge < -0.3 is 10.1 Å². The first-order valence-electron chi connectivity index (χ1n) is 9.20. The standard InChI is InChI=1S/C22H27NO3S/c1-5-15(2)18-11-7-8-12-19(18)23-22(25)17(4)26-21(24)14-27-20-13-9-6-10-16(20)3/h6-13,15,17H,5,14H2,1-4H3,(H,23,25)/t15-,17-/m0/s1. The van der Waals surface area contributed by atoms with Crippen molar-refractivity contribution in [3.63, 3.8) is 0 Å². The number of hydrogen-bond donors (Lipinski definition) is 1. The molecule has 144 valence electrons. The van der Waals surface area contributed by atoms with E-state index in [-0.39, 0.29) is 11.7 Å². The molecule has 0 unspecified atom stereocenters. The summed E-state index contributed by atoms with van der Waals surface area (Å²) in [4.78, 5) is 25.6. The Kier molecular flexibility index (Phi) is 7.92. The molecule has 27 heavy (non-hydrogen) atoms. The number of para-hydroxylation sites is 1. The topological polar surface area (TPSA) is 55.4 Å². The number of anilines is 1. The number of ether oxygens (including phenoxy) is 1. The zero-order chi connectivity index (χ0) is 19.8. The molecule has 2 aromatic carbocycles. The molecule has 0 saturated carbocycles. The summed E-state index contributed by atoms with van der Waals surface area (Å²) in [5, 5.41) is 2.89. The highest BCUT2D eigenvalue weighted by Gasteiger charge is 2.20. The zero-order valence-corrected chi connectivity index (χ0v) is 17.1. The van der Waals surface area contributed by atoms with Gasteiger partial charge in [0.15, 0.2) is 6.10 Å². The van der Waals surface area contributed by atoms with Crippen LogP contribution in [0.3, 0.4) is 0 Å². The van der Waals surface area contributed by atoms with Crippen molar-refractivity contribution in [2.75, 3.05) is 11.1 Å². The van der Waals surface area contributed by atoms with Crippen molar-refractivity contribution < 1.29 is 14.3 Å². The van der Waals surface area contributed by atoms with Gasteiger partial charge in [0.1, 0.15) is 0 Å². The molecular formula is C22H27NO3S. The Labute approximate surface area is 165 Å². The van der Waals surface area contributed by atoms with E-state index in [0.29, 0.717) is 5.92 Å². The number of nitrogens with one attached hydrogen (secondary N) is 1. The third-order valence-corrected chi connectivity index (χ3v) is 5.63. The molecule has 0 aliphatic rings. The lowest BCUT2D eigenvalue weighted by Gasteiger charge is -2.18. The van der Waals surface area contributed by atoms with Crippen molar-refractivity contribution in [3.8, 4) is 0 Å². The van der Waals surface area contributed by atoms with Crippen LogP contribution < -0.4 is 5.32 Å². The second-order valence-corrected chi connectivity index (χ2v) is 7.59. The summed E-state index contributed by atoms with van der Waals surface area (Å²) in [6.07, 6.45) is 0.132. The first-order chi connectivity index (χ1) is 12.9. The molecule has 0 aromatic heterocycles. The van der Waals surface area contributed by atoms with Crippen LogP contribution in [0.15, 0.2) is 53.4 Å². The molecule has 2 aromatic rings. The average molecular weight is 386 g/mol. The van der Waals surface area contributed by atoms with Crippen LogP contribution in [0.1, 0.15) is 44.2 Å². The molecule has 0 saturated heterocycles. The quantitative estimate of drug-likeness (QED) is 0.503. The van der Waals surface area contributed by atoms with Crippen LogP contribution in [0.5, 0.6) is 0 Å². The smallest absolute Gasteiger partial charge is 0.317 e. The minimum absolute atomic E-state index is 0.173. The summed E-state index contributed by atoms with van der Waals surface area (Å²) in [5.41, 5.74) is 2.97. The second-order valence-electron chi connectivity index (χ2n) is 6.57. The number of carbonyl (C=O) groups is 2. The maximum Gasteiger partial charge on any atom is 0.317 e. The minimum Gasteiger partial charge on any atom is -0.452 e. The highest BCUT2D eigenvalue weighted by atomic mass is 32.2. The fourth-order valence-electron chi connectivity index (χ4n) is 2.63. The Morgan fingerprint density at radius 1 is 1.07 bits per heavy atom. The second kappa shape index (κ2) is 10.2. The summed E-state index contributed by atoms with van der Waals surface area (Å²) in [5.74, 6) is -0.211. The van der Waals surface area contributed by atoms with E-state index in [1.54, 1.807) is 6.92 Å². The number of amides is 1. The van der Waals surface area contributed by atoms with Crippen LogP contribution in [0.4, 0.5) is 5.69 Å². The summed E-state index contributed by atoms with van der Waals surface area (Å²) in [6, 6.07) is 15.6. The molecule has 0 aliphatic heterocycles. The molecule has 5 heteroatoms.